The molecule has 1 aliphatic rings. The molecule has 6 nitrogen and oxygen atoms in total. The van der Waals surface area contributed by atoms with Crippen molar-refractivity contribution in [3.05, 3.63) is 59.4 Å². The highest BCUT2D eigenvalue weighted by Crippen LogP contribution is 2.25. The Morgan fingerprint density at radius 3 is 3.04 bits per heavy atom. The number of rotatable bonds is 3. The normalized spacial score (nSPS) is 14.6. The number of ether oxygens (including phenoxy) is 2. The van der Waals surface area contributed by atoms with Gasteiger partial charge < -0.3 is 14.5 Å². The number of aromatic amines is 1. The summed E-state index contributed by atoms with van der Waals surface area (Å²) in [4.78, 5) is 22.0. The summed E-state index contributed by atoms with van der Waals surface area (Å²) in [5.74, 6) is 1.33. The second-order valence-electron chi connectivity index (χ2n) is 6.07. The molecule has 25 heavy (non-hydrogen) atoms. The van der Waals surface area contributed by atoms with Gasteiger partial charge in [0.25, 0.3) is 0 Å². The average Bonchev–Trinajstić information content (AvgIpc) is 2.93. The van der Waals surface area contributed by atoms with Crippen molar-refractivity contribution in [1.82, 2.24) is 14.9 Å². The number of para-hydroxylation sites is 2. The van der Waals surface area contributed by atoms with E-state index in [2.05, 4.69) is 14.9 Å². The van der Waals surface area contributed by atoms with E-state index in [0.29, 0.717) is 12.2 Å². The quantitative estimate of drug-likeness (QED) is 0.745. The zero-order chi connectivity index (χ0) is 17.2. The highest BCUT2D eigenvalue weighted by atomic mass is 16.5. The van der Waals surface area contributed by atoms with Crippen LogP contribution < -0.4 is 4.74 Å². The second kappa shape index (κ2) is 6.57. The molecule has 1 aliphatic heterocycles. The average molecular weight is 337 g/mol. The maximum atomic E-state index is 11.7. The third-order valence-corrected chi connectivity index (χ3v) is 4.36. The van der Waals surface area contributed by atoms with E-state index < -0.39 is 0 Å². The number of esters is 1. The number of benzene rings is 2. The first-order valence-electron chi connectivity index (χ1n) is 8.23. The molecule has 6 heteroatoms. The lowest BCUT2D eigenvalue weighted by atomic mass is 10.1. The third-order valence-electron chi connectivity index (χ3n) is 4.36. The van der Waals surface area contributed by atoms with E-state index >= 15 is 0 Å². The highest BCUT2D eigenvalue weighted by Gasteiger charge is 2.18. The lowest BCUT2D eigenvalue weighted by molar-refractivity contribution is 0.0600. The standard InChI is InChI=1S/C19H19N3O3/c1-24-19(23)13-6-7-14-11-22(8-9-25-17(14)10-13)12-18-20-15-4-2-3-5-16(15)21-18/h2-7,10H,8-9,11-12H2,1H3,(H,20,21). The molecule has 4 rings (SSSR count). The van der Waals surface area contributed by atoms with Crippen LogP contribution in [0.2, 0.25) is 0 Å². The van der Waals surface area contributed by atoms with Crippen LogP contribution in [0.4, 0.5) is 0 Å². The van der Waals surface area contributed by atoms with Crippen LogP contribution in [0, 0.1) is 0 Å². The van der Waals surface area contributed by atoms with Crippen LogP contribution in [0.25, 0.3) is 11.0 Å². The van der Waals surface area contributed by atoms with Gasteiger partial charge in [-0.1, -0.05) is 18.2 Å². The van der Waals surface area contributed by atoms with E-state index in [1.165, 1.54) is 7.11 Å². The van der Waals surface area contributed by atoms with Gasteiger partial charge in [-0.3, -0.25) is 4.90 Å². The Labute approximate surface area is 145 Å². The molecule has 0 amide bonds. The van der Waals surface area contributed by atoms with E-state index in [0.717, 1.165) is 47.8 Å². The molecular formula is C19H19N3O3. The van der Waals surface area contributed by atoms with Crippen LogP contribution >= 0.6 is 0 Å². The Bertz CT molecular complexity index is 886. The predicted octanol–water partition coefficient (Wildman–Crippen LogP) is 2.74. The minimum Gasteiger partial charge on any atom is -0.492 e. The fraction of sp³-hybridized carbons (Fsp3) is 0.263. The first-order valence-corrected chi connectivity index (χ1v) is 8.23. The van der Waals surface area contributed by atoms with Crippen LogP contribution in [-0.4, -0.2) is 41.1 Å². The van der Waals surface area contributed by atoms with Gasteiger partial charge >= 0.3 is 5.97 Å². The molecule has 0 atom stereocenters. The number of imidazole rings is 1. The summed E-state index contributed by atoms with van der Waals surface area (Å²) in [5.41, 5.74) is 3.59. The minimum atomic E-state index is -0.352. The zero-order valence-corrected chi connectivity index (χ0v) is 14.0. The Balaban J connectivity index is 1.54. The Morgan fingerprint density at radius 2 is 2.20 bits per heavy atom. The fourth-order valence-electron chi connectivity index (χ4n) is 3.10. The summed E-state index contributed by atoms with van der Waals surface area (Å²) in [7, 11) is 1.38. The highest BCUT2D eigenvalue weighted by molar-refractivity contribution is 5.89. The van der Waals surface area contributed by atoms with Crippen LogP contribution in [-0.2, 0) is 17.8 Å². The molecular weight excluding hydrogens is 318 g/mol. The third kappa shape index (κ3) is 3.21. The molecule has 0 aliphatic carbocycles. The van der Waals surface area contributed by atoms with Crippen molar-refractivity contribution in [3.8, 4) is 5.75 Å². The minimum absolute atomic E-state index is 0.352. The Kier molecular flexibility index (Phi) is 4.11. The van der Waals surface area contributed by atoms with Gasteiger partial charge in [0, 0.05) is 18.7 Å². The molecule has 0 spiro atoms. The van der Waals surface area contributed by atoms with Gasteiger partial charge in [0.15, 0.2) is 0 Å². The van der Waals surface area contributed by atoms with Gasteiger partial charge in [0.05, 0.1) is 30.3 Å². The zero-order valence-electron chi connectivity index (χ0n) is 14.0. The lowest BCUT2D eigenvalue weighted by Crippen LogP contribution is -2.25. The molecule has 0 saturated heterocycles. The fourth-order valence-corrected chi connectivity index (χ4v) is 3.10. The lowest BCUT2D eigenvalue weighted by Gasteiger charge is -2.17. The number of methoxy groups -OCH3 is 1. The first-order chi connectivity index (χ1) is 12.2. The smallest absolute Gasteiger partial charge is 0.337 e. The molecule has 0 fully saturated rings. The van der Waals surface area contributed by atoms with Gasteiger partial charge in [-0.2, -0.15) is 0 Å². The SMILES string of the molecule is COC(=O)c1ccc2c(c1)OCCN(Cc1nc3ccccc3[nH]1)C2. The summed E-state index contributed by atoms with van der Waals surface area (Å²) in [6.45, 7) is 2.82. The van der Waals surface area contributed by atoms with Gasteiger partial charge in [0.1, 0.15) is 18.2 Å². The molecule has 2 aromatic carbocycles. The molecule has 2 heterocycles. The van der Waals surface area contributed by atoms with Gasteiger partial charge in [0.2, 0.25) is 0 Å². The predicted molar refractivity (Wildman–Crippen MR) is 93.5 cm³/mol. The topological polar surface area (TPSA) is 67.5 Å². The Morgan fingerprint density at radius 1 is 1.32 bits per heavy atom. The number of hydrogen-bond donors (Lipinski definition) is 1. The summed E-state index contributed by atoms with van der Waals surface area (Å²) < 4.78 is 10.6. The molecule has 128 valence electrons. The van der Waals surface area contributed by atoms with Crippen molar-refractivity contribution >= 4 is 17.0 Å². The van der Waals surface area contributed by atoms with Crippen molar-refractivity contribution < 1.29 is 14.3 Å². The molecule has 1 N–H and O–H groups in total. The van der Waals surface area contributed by atoms with Crippen molar-refractivity contribution in [3.63, 3.8) is 0 Å². The van der Waals surface area contributed by atoms with Gasteiger partial charge in [-0.25, -0.2) is 9.78 Å². The van der Waals surface area contributed by atoms with E-state index in [9.17, 15) is 4.79 Å². The number of nitrogens with zero attached hydrogens (tertiary/aromatic N) is 2. The number of carbonyl (C=O) groups excluding carboxylic acids is 1. The second-order valence-corrected chi connectivity index (χ2v) is 6.07. The molecule has 0 unspecified atom stereocenters. The van der Waals surface area contributed by atoms with Crippen molar-refractivity contribution in [1.29, 1.82) is 0 Å². The van der Waals surface area contributed by atoms with E-state index in [-0.39, 0.29) is 5.97 Å². The van der Waals surface area contributed by atoms with E-state index in [1.54, 1.807) is 12.1 Å². The van der Waals surface area contributed by atoms with Crippen molar-refractivity contribution in [2.75, 3.05) is 20.3 Å². The molecule has 0 radical (unpaired) electrons. The van der Waals surface area contributed by atoms with Crippen LogP contribution in [0.3, 0.4) is 0 Å². The molecule has 3 aromatic rings. The number of hydrogen-bond acceptors (Lipinski definition) is 5. The number of fused-ring (bicyclic) bond motifs is 2. The summed E-state index contributed by atoms with van der Waals surface area (Å²) >= 11 is 0. The molecule has 1 aromatic heterocycles. The van der Waals surface area contributed by atoms with Crippen LogP contribution in [0.15, 0.2) is 42.5 Å². The maximum absolute atomic E-state index is 11.7. The van der Waals surface area contributed by atoms with Crippen molar-refractivity contribution in [2.45, 2.75) is 13.1 Å². The summed E-state index contributed by atoms with van der Waals surface area (Å²) in [6, 6.07) is 13.5. The molecule has 0 saturated carbocycles. The van der Waals surface area contributed by atoms with Crippen LogP contribution in [0.1, 0.15) is 21.7 Å². The van der Waals surface area contributed by atoms with E-state index in [1.807, 2.05) is 30.3 Å². The largest absolute Gasteiger partial charge is 0.492 e. The van der Waals surface area contributed by atoms with Gasteiger partial charge in [-0.05, 0) is 24.3 Å². The summed E-state index contributed by atoms with van der Waals surface area (Å²) in [5, 5.41) is 0. The number of carbonyl (C=O) groups is 1. The molecule has 0 bridgehead atoms. The first kappa shape index (κ1) is 15.7. The summed E-state index contributed by atoms with van der Waals surface area (Å²) in [6.07, 6.45) is 0. The van der Waals surface area contributed by atoms with Crippen molar-refractivity contribution in [2.24, 2.45) is 0 Å². The number of nitrogens with one attached hydrogen (secondary N) is 1. The number of aromatic nitrogens is 2. The van der Waals surface area contributed by atoms with Crippen LogP contribution in [0.5, 0.6) is 5.75 Å². The Hall–Kier alpha value is -2.86. The number of H-pyrrole nitrogens is 1. The van der Waals surface area contributed by atoms with Gasteiger partial charge in [-0.15, -0.1) is 0 Å². The maximum Gasteiger partial charge on any atom is 0.337 e. The van der Waals surface area contributed by atoms with E-state index in [4.69, 9.17) is 9.47 Å². The monoisotopic (exact) mass is 337 g/mol.